The highest BCUT2D eigenvalue weighted by Crippen LogP contribution is 2.16. The molecule has 1 aliphatic rings. The van der Waals surface area contributed by atoms with E-state index in [-0.39, 0.29) is 36.8 Å². The van der Waals surface area contributed by atoms with E-state index < -0.39 is 11.6 Å². The molecule has 1 atom stereocenters. The Kier molecular flexibility index (Phi) is 7.54. The molecule has 1 amide bonds. The maximum absolute atomic E-state index is 13.5. The number of carbonyl (C=O) groups is 1. The highest BCUT2D eigenvalue weighted by Gasteiger charge is 2.15. The molecular formula is C20H23ClF2N2O. The molecule has 1 heterocycles. The lowest BCUT2D eigenvalue weighted by molar-refractivity contribution is -0.120. The summed E-state index contributed by atoms with van der Waals surface area (Å²) >= 11 is 0. The predicted octanol–water partition coefficient (Wildman–Crippen LogP) is 3.40. The molecular weight excluding hydrogens is 358 g/mol. The Labute approximate surface area is 158 Å². The smallest absolute Gasteiger partial charge is 0.224 e. The van der Waals surface area contributed by atoms with Crippen molar-refractivity contribution in [3.63, 3.8) is 0 Å². The van der Waals surface area contributed by atoms with E-state index in [4.69, 9.17) is 0 Å². The van der Waals surface area contributed by atoms with Crippen molar-refractivity contribution in [1.29, 1.82) is 0 Å². The first-order valence-electron chi connectivity index (χ1n) is 8.60. The fraction of sp³-hybridized carbons (Fsp3) is 0.350. The first-order chi connectivity index (χ1) is 12.1. The summed E-state index contributed by atoms with van der Waals surface area (Å²) in [7, 11) is 0. The van der Waals surface area contributed by atoms with Gasteiger partial charge in [-0.1, -0.05) is 30.3 Å². The average molecular weight is 381 g/mol. The van der Waals surface area contributed by atoms with Crippen molar-refractivity contribution in [3.8, 4) is 0 Å². The maximum atomic E-state index is 13.5. The zero-order chi connectivity index (χ0) is 17.6. The number of amides is 1. The highest BCUT2D eigenvalue weighted by atomic mass is 35.5. The van der Waals surface area contributed by atoms with Gasteiger partial charge in [-0.2, -0.15) is 0 Å². The molecule has 0 aromatic heterocycles. The van der Waals surface area contributed by atoms with Gasteiger partial charge < -0.3 is 10.6 Å². The molecule has 140 valence electrons. The van der Waals surface area contributed by atoms with E-state index >= 15 is 0 Å². The molecule has 2 aromatic carbocycles. The highest BCUT2D eigenvalue weighted by molar-refractivity contribution is 5.85. The maximum Gasteiger partial charge on any atom is 0.224 e. The third kappa shape index (κ3) is 5.51. The third-order valence-corrected chi connectivity index (χ3v) is 4.60. The molecule has 6 heteroatoms. The van der Waals surface area contributed by atoms with Crippen LogP contribution in [0.5, 0.6) is 0 Å². The summed E-state index contributed by atoms with van der Waals surface area (Å²) in [6, 6.07) is 11.7. The minimum Gasteiger partial charge on any atom is -0.352 e. The van der Waals surface area contributed by atoms with Gasteiger partial charge in [0, 0.05) is 12.1 Å². The first kappa shape index (κ1) is 20.3. The fourth-order valence-corrected chi connectivity index (χ4v) is 3.15. The number of nitrogens with one attached hydrogen (secondary N) is 2. The second kappa shape index (κ2) is 9.64. The Hall–Kier alpha value is -1.98. The minimum absolute atomic E-state index is 0. The van der Waals surface area contributed by atoms with Gasteiger partial charge in [0.2, 0.25) is 5.91 Å². The Bertz CT molecular complexity index is 711. The van der Waals surface area contributed by atoms with Gasteiger partial charge in [0.25, 0.3) is 0 Å². The topological polar surface area (TPSA) is 41.1 Å². The molecule has 2 aromatic rings. The quantitative estimate of drug-likeness (QED) is 0.806. The van der Waals surface area contributed by atoms with Gasteiger partial charge >= 0.3 is 0 Å². The molecule has 1 saturated heterocycles. The van der Waals surface area contributed by atoms with Crippen LogP contribution in [0.25, 0.3) is 0 Å². The molecule has 0 aliphatic carbocycles. The number of rotatable bonds is 6. The van der Waals surface area contributed by atoms with E-state index in [9.17, 15) is 13.6 Å². The third-order valence-electron chi connectivity index (χ3n) is 4.60. The van der Waals surface area contributed by atoms with E-state index in [2.05, 4.69) is 22.8 Å². The van der Waals surface area contributed by atoms with Crippen molar-refractivity contribution in [2.24, 2.45) is 5.92 Å². The molecule has 26 heavy (non-hydrogen) atoms. The van der Waals surface area contributed by atoms with E-state index in [1.807, 2.05) is 12.1 Å². The van der Waals surface area contributed by atoms with Crippen molar-refractivity contribution < 1.29 is 13.6 Å². The molecule has 0 radical (unpaired) electrons. The van der Waals surface area contributed by atoms with Crippen molar-refractivity contribution in [2.75, 3.05) is 13.1 Å². The molecule has 1 unspecified atom stereocenters. The molecule has 0 saturated carbocycles. The first-order valence-corrected chi connectivity index (χ1v) is 8.60. The fourth-order valence-electron chi connectivity index (χ4n) is 3.15. The summed E-state index contributed by atoms with van der Waals surface area (Å²) in [5, 5.41) is 5.93. The van der Waals surface area contributed by atoms with Crippen molar-refractivity contribution in [3.05, 3.63) is 70.8 Å². The van der Waals surface area contributed by atoms with Crippen molar-refractivity contribution in [1.82, 2.24) is 10.6 Å². The van der Waals surface area contributed by atoms with Crippen molar-refractivity contribution in [2.45, 2.75) is 25.8 Å². The van der Waals surface area contributed by atoms with Crippen molar-refractivity contribution >= 4 is 18.3 Å². The number of hydrogen-bond donors (Lipinski definition) is 2. The molecule has 1 fully saturated rings. The van der Waals surface area contributed by atoms with E-state index in [1.54, 1.807) is 0 Å². The van der Waals surface area contributed by atoms with Crippen LogP contribution in [-0.4, -0.2) is 19.0 Å². The second-order valence-corrected chi connectivity index (χ2v) is 6.53. The summed E-state index contributed by atoms with van der Waals surface area (Å²) in [5.41, 5.74) is 2.04. The van der Waals surface area contributed by atoms with Gasteiger partial charge in [-0.25, -0.2) is 8.78 Å². The summed E-state index contributed by atoms with van der Waals surface area (Å²) in [6.07, 6.45) is 2.45. The molecule has 3 nitrogen and oxygen atoms in total. The predicted molar refractivity (Wildman–Crippen MR) is 100 cm³/mol. The van der Waals surface area contributed by atoms with Crippen LogP contribution in [0.2, 0.25) is 0 Å². The van der Waals surface area contributed by atoms with Gasteiger partial charge in [0.15, 0.2) is 0 Å². The Morgan fingerprint density at radius 3 is 2.35 bits per heavy atom. The largest absolute Gasteiger partial charge is 0.352 e. The number of benzene rings is 2. The van der Waals surface area contributed by atoms with Crippen LogP contribution in [0.1, 0.15) is 23.1 Å². The minimum atomic E-state index is -0.647. The number of hydrogen-bond acceptors (Lipinski definition) is 2. The lowest BCUT2D eigenvalue weighted by atomic mass is 9.97. The monoisotopic (exact) mass is 380 g/mol. The summed E-state index contributed by atoms with van der Waals surface area (Å²) in [4.78, 5) is 12.0. The number of carbonyl (C=O) groups excluding carboxylic acids is 1. The van der Waals surface area contributed by atoms with E-state index in [0.717, 1.165) is 25.1 Å². The normalized spacial score (nSPS) is 16.2. The standard InChI is InChI=1S/C20H22F2N2O.ClH/c21-18-2-1-3-19(22)17(18)13-24-20(25)11-15-6-4-14(5-7-15)10-16-8-9-23-12-16;/h1-7,16,23H,8-13H2,(H,24,25);1H. The zero-order valence-corrected chi connectivity index (χ0v) is 15.3. The van der Waals surface area contributed by atoms with Gasteiger partial charge in [-0.15, -0.1) is 12.4 Å². The molecule has 0 bridgehead atoms. The zero-order valence-electron chi connectivity index (χ0n) is 14.4. The Morgan fingerprint density at radius 1 is 1.08 bits per heavy atom. The molecule has 0 spiro atoms. The Balaban J connectivity index is 0.00000243. The van der Waals surface area contributed by atoms with Crippen LogP contribution in [0, 0.1) is 17.6 Å². The lowest BCUT2D eigenvalue weighted by Gasteiger charge is -2.10. The number of halogens is 3. The second-order valence-electron chi connectivity index (χ2n) is 6.53. The molecule has 1 aliphatic heterocycles. The van der Waals surface area contributed by atoms with Gasteiger partial charge in [0.05, 0.1) is 6.42 Å². The van der Waals surface area contributed by atoms with Gasteiger partial charge in [0.1, 0.15) is 11.6 Å². The summed E-state index contributed by atoms with van der Waals surface area (Å²) in [5.74, 6) is -0.864. The van der Waals surface area contributed by atoms with E-state index in [1.165, 1.54) is 30.2 Å². The lowest BCUT2D eigenvalue weighted by Crippen LogP contribution is -2.25. The molecule has 2 N–H and O–H groups in total. The summed E-state index contributed by atoms with van der Waals surface area (Å²) < 4.78 is 27.1. The SMILES string of the molecule is Cl.O=C(Cc1ccc(CC2CCNC2)cc1)NCc1c(F)cccc1F. The van der Waals surface area contributed by atoms with Crippen LogP contribution in [0.4, 0.5) is 8.78 Å². The average Bonchev–Trinajstić information content (AvgIpc) is 3.09. The van der Waals surface area contributed by atoms with Crippen LogP contribution < -0.4 is 10.6 Å². The Morgan fingerprint density at radius 2 is 1.73 bits per heavy atom. The molecule has 3 rings (SSSR count). The van der Waals surface area contributed by atoms with Crippen LogP contribution >= 0.6 is 12.4 Å². The van der Waals surface area contributed by atoms with Crippen LogP contribution in [0.15, 0.2) is 42.5 Å². The van der Waals surface area contributed by atoms with Crippen LogP contribution in [-0.2, 0) is 24.2 Å². The van der Waals surface area contributed by atoms with Gasteiger partial charge in [-0.3, -0.25) is 4.79 Å². The van der Waals surface area contributed by atoms with Crippen LogP contribution in [0.3, 0.4) is 0 Å². The summed E-state index contributed by atoms with van der Waals surface area (Å²) in [6.45, 7) is 2.01. The van der Waals surface area contributed by atoms with Gasteiger partial charge in [-0.05, 0) is 55.1 Å². The van der Waals surface area contributed by atoms with E-state index in [0.29, 0.717) is 5.92 Å².